The lowest BCUT2D eigenvalue weighted by molar-refractivity contribution is -0.130. The number of nitrogens with one attached hydrogen (secondary N) is 1. The molecule has 0 saturated heterocycles. The smallest absolute Gasteiger partial charge is 0.251 e. The number of hydrogen-bond acceptors (Lipinski definition) is 2. The zero-order chi connectivity index (χ0) is 15.9. The number of likely N-dealkylation sites (N-methyl/N-ethyl adjacent to an activating group) is 1. The van der Waals surface area contributed by atoms with Crippen molar-refractivity contribution in [3.8, 4) is 0 Å². The third-order valence-corrected chi connectivity index (χ3v) is 3.36. The summed E-state index contributed by atoms with van der Waals surface area (Å²) in [5.74, 6) is -0.357. The lowest BCUT2D eigenvalue weighted by Crippen LogP contribution is -2.47. The second-order valence-corrected chi connectivity index (χ2v) is 5.31. The summed E-state index contributed by atoms with van der Waals surface area (Å²) in [7, 11) is 3.38. The highest BCUT2D eigenvalue weighted by Crippen LogP contribution is 2.07. The van der Waals surface area contributed by atoms with Crippen molar-refractivity contribution in [3.63, 3.8) is 0 Å². The SMILES string of the molecule is CN(C)C(=O)C(Cc1ccccc1)NC(=O)c1ccccc1. The maximum Gasteiger partial charge on any atom is 0.251 e. The number of nitrogens with zero attached hydrogens (tertiary/aromatic N) is 1. The number of benzene rings is 2. The van der Waals surface area contributed by atoms with E-state index in [0.717, 1.165) is 5.56 Å². The van der Waals surface area contributed by atoms with Crippen LogP contribution in [0.4, 0.5) is 0 Å². The molecule has 1 N–H and O–H groups in total. The minimum atomic E-state index is -0.579. The molecule has 0 spiro atoms. The number of carbonyl (C=O) groups excluding carboxylic acids is 2. The molecular formula is C18H20N2O2. The van der Waals surface area contributed by atoms with Gasteiger partial charge in [0.2, 0.25) is 5.91 Å². The summed E-state index contributed by atoms with van der Waals surface area (Å²) in [5.41, 5.74) is 1.56. The van der Waals surface area contributed by atoms with Crippen LogP contribution in [0.25, 0.3) is 0 Å². The maximum absolute atomic E-state index is 12.3. The van der Waals surface area contributed by atoms with Gasteiger partial charge in [-0.3, -0.25) is 9.59 Å². The van der Waals surface area contributed by atoms with Crippen LogP contribution in [-0.2, 0) is 11.2 Å². The van der Waals surface area contributed by atoms with E-state index in [1.165, 1.54) is 4.90 Å². The molecule has 4 heteroatoms. The molecule has 0 aliphatic rings. The van der Waals surface area contributed by atoms with Crippen molar-refractivity contribution < 1.29 is 9.59 Å². The summed E-state index contributed by atoms with van der Waals surface area (Å²) in [5, 5.41) is 2.83. The second-order valence-electron chi connectivity index (χ2n) is 5.31. The van der Waals surface area contributed by atoms with Gasteiger partial charge >= 0.3 is 0 Å². The molecule has 4 nitrogen and oxygen atoms in total. The molecule has 22 heavy (non-hydrogen) atoms. The predicted molar refractivity (Wildman–Crippen MR) is 86.5 cm³/mol. The van der Waals surface area contributed by atoms with Crippen LogP contribution < -0.4 is 5.32 Å². The summed E-state index contributed by atoms with van der Waals surface area (Å²) < 4.78 is 0. The third kappa shape index (κ3) is 4.19. The Hall–Kier alpha value is -2.62. The second kappa shape index (κ2) is 7.41. The summed E-state index contributed by atoms with van der Waals surface area (Å²) >= 11 is 0. The summed E-state index contributed by atoms with van der Waals surface area (Å²) in [6.45, 7) is 0. The largest absolute Gasteiger partial charge is 0.347 e. The molecule has 114 valence electrons. The first-order valence-corrected chi connectivity index (χ1v) is 7.19. The van der Waals surface area contributed by atoms with E-state index in [1.807, 2.05) is 36.4 Å². The van der Waals surface area contributed by atoms with Crippen molar-refractivity contribution in [2.45, 2.75) is 12.5 Å². The Morgan fingerprint density at radius 3 is 2.05 bits per heavy atom. The molecule has 0 fully saturated rings. The molecule has 1 unspecified atom stereocenters. The van der Waals surface area contributed by atoms with Crippen LogP contribution in [0.3, 0.4) is 0 Å². The Kier molecular flexibility index (Phi) is 5.31. The molecule has 1 atom stereocenters. The molecule has 0 bridgehead atoms. The fourth-order valence-corrected chi connectivity index (χ4v) is 2.19. The van der Waals surface area contributed by atoms with Gasteiger partial charge in [0, 0.05) is 26.1 Å². The molecule has 2 aromatic rings. The molecular weight excluding hydrogens is 276 g/mol. The van der Waals surface area contributed by atoms with Crippen LogP contribution >= 0.6 is 0 Å². The molecule has 2 amide bonds. The lowest BCUT2D eigenvalue weighted by Gasteiger charge is -2.22. The van der Waals surface area contributed by atoms with E-state index in [9.17, 15) is 9.59 Å². The van der Waals surface area contributed by atoms with Gasteiger partial charge in [-0.05, 0) is 17.7 Å². The highest BCUT2D eigenvalue weighted by molar-refractivity contribution is 5.97. The first-order chi connectivity index (χ1) is 10.6. The van der Waals surface area contributed by atoms with Gasteiger partial charge in [-0.25, -0.2) is 0 Å². The van der Waals surface area contributed by atoms with Crippen molar-refractivity contribution in [3.05, 3.63) is 71.8 Å². The minimum absolute atomic E-state index is 0.117. The number of amides is 2. The molecule has 0 aliphatic heterocycles. The van der Waals surface area contributed by atoms with Crippen LogP contribution in [0.15, 0.2) is 60.7 Å². The third-order valence-electron chi connectivity index (χ3n) is 3.36. The van der Waals surface area contributed by atoms with Crippen molar-refractivity contribution in [2.24, 2.45) is 0 Å². The molecule has 2 aromatic carbocycles. The van der Waals surface area contributed by atoms with Crippen LogP contribution in [0.1, 0.15) is 15.9 Å². The van der Waals surface area contributed by atoms with Crippen molar-refractivity contribution in [1.82, 2.24) is 10.2 Å². The molecule has 0 aliphatic carbocycles. The molecule has 0 radical (unpaired) electrons. The average Bonchev–Trinajstić information content (AvgIpc) is 2.55. The van der Waals surface area contributed by atoms with Crippen molar-refractivity contribution in [2.75, 3.05) is 14.1 Å². The highest BCUT2D eigenvalue weighted by atomic mass is 16.2. The van der Waals surface area contributed by atoms with Gasteiger partial charge < -0.3 is 10.2 Å². The zero-order valence-electron chi connectivity index (χ0n) is 12.8. The average molecular weight is 296 g/mol. The highest BCUT2D eigenvalue weighted by Gasteiger charge is 2.23. The van der Waals surface area contributed by atoms with Gasteiger partial charge in [0.15, 0.2) is 0 Å². The topological polar surface area (TPSA) is 49.4 Å². The van der Waals surface area contributed by atoms with E-state index >= 15 is 0 Å². The first kappa shape index (κ1) is 15.8. The van der Waals surface area contributed by atoms with Crippen molar-refractivity contribution in [1.29, 1.82) is 0 Å². The van der Waals surface area contributed by atoms with Crippen LogP contribution in [0, 0.1) is 0 Å². The van der Waals surface area contributed by atoms with Gasteiger partial charge in [0.1, 0.15) is 6.04 Å². The number of hydrogen-bond donors (Lipinski definition) is 1. The molecule has 0 saturated carbocycles. The Morgan fingerprint density at radius 2 is 1.50 bits per heavy atom. The van der Waals surface area contributed by atoms with Gasteiger partial charge in [-0.1, -0.05) is 48.5 Å². The Labute approximate surface area is 130 Å². The molecule has 2 rings (SSSR count). The summed E-state index contributed by atoms with van der Waals surface area (Å²) in [4.78, 5) is 26.1. The van der Waals surface area contributed by atoms with E-state index in [2.05, 4.69) is 5.32 Å². The predicted octanol–water partition coefficient (Wildman–Crippen LogP) is 2.12. The number of carbonyl (C=O) groups is 2. The van der Waals surface area contributed by atoms with E-state index < -0.39 is 6.04 Å². The fraction of sp³-hybridized carbons (Fsp3) is 0.222. The normalized spacial score (nSPS) is 11.5. The molecule has 0 heterocycles. The van der Waals surface area contributed by atoms with Gasteiger partial charge in [-0.2, -0.15) is 0 Å². The Bertz CT molecular complexity index is 624. The summed E-state index contributed by atoms with van der Waals surface area (Å²) in [6, 6.07) is 18.0. The van der Waals surface area contributed by atoms with Crippen LogP contribution in [-0.4, -0.2) is 36.9 Å². The summed E-state index contributed by atoms with van der Waals surface area (Å²) in [6.07, 6.45) is 0.469. The maximum atomic E-state index is 12.3. The molecule has 0 aromatic heterocycles. The van der Waals surface area contributed by atoms with Gasteiger partial charge in [0.25, 0.3) is 5.91 Å². The van der Waals surface area contributed by atoms with Crippen LogP contribution in [0.2, 0.25) is 0 Å². The quantitative estimate of drug-likeness (QED) is 0.919. The van der Waals surface area contributed by atoms with Gasteiger partial charge in [0.05, 0.1) is 0 Å². The van der Waals surface area contributed by atoms with E-state index in [0.29, 0.717) is 12.0 Å². The Morgan fingerprint density at radius 1 is 0.955 bits per heavy atom. The van der Waals surface area contributed by atoms with E-state index in [4.69, 9.17) is 0 Å². The van der Waals surface area contributed by atoms with Crippen LogP contribution in [0.5, 0.6) is 0 Å². The Balaban J connectivity index is 2.14. The lowest BCUT2D eigenvalue weighted by atomic mass is 10.0. The van der Waals surface area contributed by atoms with E-state index in [-0.39, 0.29) is 11.8 Å². The monoisotopic (exact) mass is 296 g/mol. The zero-order valence-corrected chi connectivity index (χ0v) is 12.8. The fourth-order valence-electron chi connectivity index (χ4n) is 2.19. The van der Waals surface area contributed by atoms with E-state index in [1.54, 1.807) is 38.4 Å². The minimum Gasteiger partial charge on any atom is -0.347 e. The first-order valence-electron chi connectivity index (χ1n) is 7.19. The van der Waals surface area contributed by atoms with Gasteiger partial charge in [-0.15, -0.1) is 0 Å². The van der Waals surface area contributed by atoms with Crippen molar-refractivity contribution >= 4 is 11.8 Å². The number of rotatable bonds is 5. The standard InChI is InChI=1S/C18H20N2O2/c1-20(2)18(22)16(13-14-9-5-3-6-10-14)19-17(21)15-11-7-4-8-12-15/h3-12,16H,13H2,1-2H3,(H,19,21).